The van der Waals surface area contributed by atoms with Gasteiger partial charge in [-0.15, -0.1) is 0 Å². The van der Waals surface area contributed by atoms with Gasteiger partial charge in [0, 0.05) is 13.1 Å². The molecule has 2 rings (SSSR count). The van der Waals surface area contributed by atoms with Crippen LogP contribution in [-0.2, 0) is 7.05 Å². The van der Waals surface area contributed by atoms with Gasteiger partial charge < -0.3 is 0 Å². The van der Waals surface area contributed by atoms with Crippen LogP contribution in [0.4, 0.5) is 0 Å². The standard InChI is InChI=1S/C9H15N3O2/c1-11-9(14)12(8(13)10-11)7-5-3-2-4-6-7/h7H,2-6H2,1H3,(H,10,13). The van der Waals surface area contributed by atoms with Gasteiger partial charge in [-0.3, -0.25) is 0 Å². The van der Waals surface area contributed by atoms with Crippen LogP contribution in [0.15, 0.2) is 9.59 Å². The molecular formula is C9H15N3O2. The highest BCUT2D eigenvalue weighted by molar-refractivity contribution is 4.79. The van der Waals surface area contributed by atoms with Gasteiger partial charge in [0.2, 0.25) is 0 Å². The average molecular weight is 197 g/mol. The van der Waals surface area contributed by atoms with Crippen molar-refractivity contribution in [3.05, 3.63) is 21.0 Å². The van der Waals surface area contributed by atoms with E-state index in [0.717, 1.165) is 25.7 Å². The van der Waals surface area contributed by atoms with E-state index in [1.807, 2.05) is 0 Å². The highest BCUT2D eigenvalue weighted by Gasteiger charge is 2.20. The highest BCUT2D eigenvalue weighted by atomic mass is 16.2. The third-order valence-corrected chi connectivity index (χ3v) is 2.92. The summed E-state index contributed by atoms with van der Waals surface area (Å²) >= 11 is 0. The van der Waals surface area contributed by atoms with Crippen LogP contribution in [-0.4, -0.2) is 14.3 Å². The van der Waals surface area contributed by atoms with E-state index in [2.05, 4.69) is 5.10 Å². The summed E-state index contributed by atoms with van der Waals surface area (Å²) < 4.78 is 2.61. The summed E-state index contributed by atoms with van der Waals surface area (Å²) in [6.45, 7) is 0. The minimum atomic E-state index is -0.274. The van der Waals surface area contributed by atoms with Gasteiger partial charge >= 0.3 is 11.4 Å². The molecule has 0 aliphatic heterocycles. The van der Waals surface area contributed by atoms with E-state index in [1.165, 1.54) is 15.7 Å². The zero-order valence-corrected chi connectivity index (χ0v) is 8.32. The number of aromatic amines is 1. The molecule has 0 radical (unpaired) electrons. The molecule has 0 amide bonds. The fraction of sp³-hybridized carbons (Fsp3) is 0.778. The molecule has 1 saturated carbocycles. The van der Waals surface area contributed by atoms with E-state index in [-0.39, 0.29) is 17.4 Å². The Morgan fingerprint density at radius 2 is 1.86 bits per heavy atom. The zero-order chi connectivity index (χ0) is 10.1. The van der Waals surface area contributed by atoms with Gasteiger partial charge in [0.25, 0.3) is 0 Å². The van der Waals surface area contributed by atoms with Crippen LogP contribution >= 0.6 is 0 Å². The molecule has 0 spiro atoms. The predicted octanol–water partition coefficient (Wildman–Crippen LogP) is 0.380. The van der Waals surface area contributed by atoms with Crippen LogP contribution in [0.3, 0.4) is 0 Å². The molecule has 1 aromatic rings. The Bertz CT molecular complexity index is 420. The van der Waals surface area contributed by atoms with E-state index < -0.39 is 0 Å². The molecule has 0 unspecified atom stereocenters. The molecule has 0 aromatic carbocycles. The molecule has 0 saturated heterocycles. The van der Waals surface area contributed by atoms with Crippen LogP contribution in [0.1, 0.15) is 38.1 Å². The quantitative estimate of drug-likeness (QED) is 0.707. The molecule has 5 nitrogen and oxygen atoms in total. The normalized spacial score (nSPS) is 18.6. The molecule has 1 aliphatic carbocycles. The molecule has 1 aromatic heterocycles. The summed E-state index contributed by atoms with van der Waals surface area (Å²) in [5.74, 6) is 0. The van der Waals surface area contributed by atoms with Crippen LogP contribution in [0.2, 0.25) is 0 Å². The third-order valence-electron chi connectivity index (χ3n) is 2.92. The number of H-pyrrole nitrogens is 1. The maximum atomic E-state index is 11.6. The van der Waals surface area contributed by atoms with Gasteiger partial charge in [0.15, 0.2) is 0 Å². The van der Waals surface area contributed by atoms with Crippen molar-refractivity contribution in [2.24, 2.45) is 7.05 Å². The Morgan fingerprint density at radius 1 is 1.21 bits per heavy atom. The van der Waals surface area contributed by atoms with E-state index in [0.29, 0.717) is 0 Å². The van der Waals surface area contributed by atoms with Crippen molar-refractivity contribution in [2.75, 3.05) is 0 Å². The Labute approximate surface area is 81.3 Å². The largest absolute Gasteiger partial charge is 0.346 e. The van der Waals surface area contributed by atoms with Gasteiger partial charge in [-0.25, -0.2) is 23.9 Å². The Hall–Kier alpha value is -1.26. The lowest BCUT2D eigenvalue weighted by Gasteiger charge is -2.20. The fourth-order valence-corrected chi connectivity index (χ4v) is 2.15. The Balaban J connectivity index is 2.39. The first-order valence-electron chi connectivity index (χ1n) is 5.07. The van der Waals surface area contributed by atoms with Crippen molar-refractivity contribution in [2.45, 2.75) is 38.1 Å². The number of rotatable bonds is 1. The topological polar surface area (TPSA) is 59.8 Å². The van der Waals surface area contributed by atoms with Crippen molar-refractivity contribution in [1.29, 1.82) is 0 Å². The molecule has 5 heteroatoms. The summed E-state index contributed by atoms with van der Waals surface area (Å²) in [5.41, 5.74) is -0.494. The van der Waals surface area contributed by atoms with E-state index in [1.54, 1.807) is 7.05 Å². The summed E-state index contributed by atoms with van der Waals surface area (Å²) in [4.78, 5) is 23.0. The first-order chi connectivity index (χ1) is 6.70. The monoisotopic (exact) mass is 197 g/mol. The average Bonchev–Trinajstić information content (AvgIpc) is 2.43. The SMILES string of the molecule is Cn1[nH]c(=O)n(C2CCCCC2)c1=O. The Kier molecular flexibility index (Phi) is 2.31. The molecule has 1 aliphatic rings. The second kappa shape index (κ2) is 3.48. The lowest BCUT2D eigenvalue weighted by atomic mass is 9.95. The van der Waals surface area contributed by atoms with E-state index >= 15 is 0 Å². The lowest BCUT2D eigenvalue weighted by Crippen LogP contribution is -2.33. The van der Waals surface area contributed by atoms with Crippen LogP contribution in [0.5, 0.6) is 0 Å². The minimum Gasteiger partial charge on any atom is -0.246 e. The fourth-order valence-electron chi connectivity index (χ4n) is 2.15. The predicted molar refractivity (Wildman–Crippen MR) is 52.4 cm³/mol. The number of aryl methyl sites for hydroxylation is 1. The van der Waals surface area contributed by atoms with Gasteiger partial charge in [-0.05, 0) is 12.8 Å². The molecule has 0 bridgehead atoms. The first-order valence-corrected chi connectivity index (χ1v) is 5.07. The number of hydrogen-bond acceptors (Lipinski definition) is 2. The van der Waals surface area contributed by atoms with Crippen molar-refractivity contribution in [3.8, 4) is 0 Å². The molecule has 1 N–H and O–H groups in total. The first kappa shape index (κ1) is 9.30. The molecule has 1 heterocycles. The van der Waals surface area contributed by atoms with Gasteiger partial charge in [-0.2, -0.15) is 0 Å². The van der Waals surface area contributed by atoms with Gasteiger partial charge in [-0.1, -0.05) is 19.3 Å². The third kappa shape index (κ3) is 1.42. The van der Waals surface area contributed by atoms with Gasteiger partial charge in [0.05, 0.1) is 0 Å². The zero-order valence-electron chi connectivity index (χ0n) is 8.32. The molecule has 78 valence electrons. The second-order valence-electron chi connectivity index (χ2n) is 3.92. The maximum absolute atomic E-state index is 11.6. The molecule has 1 fully saturated rings. The second-order valence-corrected chi connectivity index (χ2v) is 3.92. The number of hydrogen-bond donors (Lipinski definition) is 1. The van der Waals surface area contributed by atoms with Crippen LogP contribution < -0.4 is 11.4 Å². The smallest absolute Gasteiger partial charge is 0.246 e. The van der Waals surface area contributed by atoms with Crippen molar-refractivity contribution < 1.29 is 0 Å². The van der Waals surface area contributed by atoms with Crippen molar-refractivity contribution in [1.82, 2.24) is 14.3 Å². The molecule has 14 heavy (non-hydrogen) atoms. The van der Waals surface area contributed by atoms with Crippen LogP contribution in [0.25, 0.3) is 0 Å². The summed E-state index contributed by atoms with van der Waals surface area (Å²) in [7, 11) is 1.57. The minimum absolute atomic E-state index is 0.112. The summed E-state index contributed by atoms with van der Waals surface area (Å²) in [5, 5.41) is 2.48. The molecule has 0 atom stereocenters. The number of nitrogens with zero attached hydrogens (tertiary/aromatic N) is 2. The highest BCUT2D eigenvalue weighted by Crippen LogP contribution is 2.25. The lowest BCUT2D eigenvalue weighted by molar-refractivity contribution is 0.339. The number of nitrogens with one attached hydrogen (secondary N) is 1. The molecular weight excluding hydrogens is 182 g/mol. The van der Waals surface area contributed by atoms with E-state index in [9.17, 15) is 9.59 Å². The summed E-state index contributed by atoms with van der Waals surface area (Å²) in [6, 6.07) is 0.112. The summed E-state index contributed by atoms with van der Waals surface area (Å²) in [6.07, 6.45) is 5.35. The van der Waals surface area contributed by atoms with Crippen LogP contribution in [0, 0.1) is 0 Å². The van der Waals surface area contributed by atoms with Crippen molar-refractivity contribution >= 4 is 0 Å². The maximum Gasteiger partial charge on any atom is 0.346 e. The van der Waals surface area contributed by atoms with Gasteiger partial charge in [0.1, 0.15) is 0 Å². The number of aromatic nitrogens is 3. The Morgan fingerprint density at radius 3 is 2.36 bits per heavy atom. The van der Waals surface area contributed by atoms with E-state index in [4.69, 9.17) is 0 Å². The van der Waals surface area contributed by atoms with Crippen molar-refractivity contribution in [3.63, 3.8) is 0 Å².